The summed E-state index contributed by atoms with van der Waals surface area (Å²) in [6, 6.07) is 16.5. The molecule has 0 atom stereocenters. The van der Waals surface area contributed by atoms with Crippen molar-refractivity contribution < 1.29 is 0 Å². The summed E-state index contributed by atoms with van der Waals surface area (Å²) in [6.07, 6.45) is 1.39. The van der Waals surface area contributed by atoms with Crippen LogP contribution >= 0.6 is 27.5 Å². The second-order valence-electron chi connectivity index (χ2n) is 5.56. The number of benzene rings is 2. The Kier molecular flexibility index (Phi) is 5.57. The zero-order chi connectivity index (χ0) is 16.9. The van der Waals surface area contributed by atoms with E-state index in [-0.39, 0.29) is 0 Å². The average Bonchev–Trinajstić information content (AvgIpc) is 2.93. The molecule has 2 N–H and O–H groups in total. The molecular weight excluding hydrogens is 386 g/mol. The molecule has 0 saturated heterocycles. The molecule has 1 heterocycles. The number of fused-ring (bicyclic) bond motifs is 1. The van der Waals surface area contributed by atoms with Gasteiger partial charge in [0.2, 0.25) is 0 Å². The summed E-state index contributed by atoms with van der Waals surface area (Å²) in [5.74, 6) is 0. The fourth-order valence-corrected chi connectivity index (χ4v) is 3.36. The molecule has 0 bridgehead atoms. The zero-order valence-corrected chi connectivity index (χ0v) is 15.4. The molecule has 1 aromatic heterocycles. The number of hydrogen-bond acceptors (Lipinski definition) is 2. The van der Waals surface area contributed by atoms with Crippen LogP contribution < -0.4 is 5.32 Å². The number of hydrogen-bond donors (Lipinski definition) is 2. The smallest absolute Gasteiger partial charge is 0.0635 e. The molecular formula is C19H17BrClN3. The normalized spacial score (nSPS) is 10.9. The van der Waals surface area contributed by atoms with Crippen molar-refractivity contribution in [2.75, 3.05) is 13.1 Å². The van der Waals surface area contributed by atoms with Crippen molar-refractivity contribution in [2.24, 2.45) is 0 Å². The van der Waals surface area contributed by atoms with Gasteiger partial charge in [-0.15, -0.1) is 0 Å². The molecule has 5 heteroatoms. The van der Waals surface area contributed by atoms with E-state index in [4.69, 9.17) is 16.9 Å². The van der Waals surface area contributed by atoms with Gasteiger partial charge >= 0.3 is 0 Å². The van der Waals surface area contributed by atoms with Crippen LogP contribution in [0, 0.1) is 11.3 Å². The lowest BCUT2D eigenvalue weighted by Gasteiger charge is -2.06. The number of H-pyrrole nitrogens is 1. The van der Waals surface area contributed by atoms with Crippen molar-refractivity contribution in [3.05, 3.63) is 57.7 Å². The maximum Gasteiger partial charge on any atom is 0.0635 e. The van der Waals surface area contributed by atoms with E-state index < -0.39 is 0 Å². The highest BCUT2D eigenvalue weighted by atomic mass is 79.9. The first-order chi connectivity index (χ1) is 11.7. The van der Waals surface area contributed by atoms with E-state index in [0.717, 1.165) is 34.9 Å². The SMILES string of the molecule is N#CCCNCCc1[nH]c2cc(Br)c(Cl)cc2c1-c1ccccc1. The van der Waals surface area contributed by atoms with Crippen LogP contribution in [0.1, 0.15) is 12.1 Å². The summed E-state index contributed by atoms with van der Waals surface area (Å²) < 4.78 is 0.885. The summed E-state index contributed by atoms with van der Waals surface area (Å²) >= 11 is 9.81. The zero-order valence-electron chi connectivity index (χ0n) is 13.1. The topological polar surface area (TPSA) is 51.6 Å². The van der Waals surface area contributed by atoms with Gasteiger partial charge < -0.3 is 10.3 Å². The van der Waals surface area contributed by atoms with Crippen molar-refractivity contribution >= 4 is 38.4 Å². The first-order valence-corrected chi connectivity index (χ1v) is 9.00. The Balaban J connectivity index is 1.99. The number of halogens is 2. The van der Waals surface area contributed by atoms with Gasteiger partial charge in [-0.3, -0.25) is 0 Å². The third-order valence-electron chi connectivity index (χ3n) is 3.94. The number of rotatable bonds is 6. The van der Waals surface area contributed by atoms with Gasteiger partial charge in [0.15, 0.2) is 0 Å². The lowest BCUT2D eigenvalue weighted by molar-refractivity contribution is 0.688. The number of aromatic amines is 1. The van der Waals surface area contributed by atoms with Gasteiger partial charge in [0.1, 0.15) is 0 Å². The third-order valence-corrected chi connectivity index (χ3v) is 5.14. The highest BCUT2D eigenvalue weighted by Crippen LogP contribution is 2.37. The number of aromatic nitrogens is 1. The van der Waals surface area contributed by atoms with Crippen LogP contribution in [0.25, 0.3) is 22.0 Å². The van der Waals surface area contributed by atoms with Gasteiger partial charge in [-0.05, 0) is 33.6 Å². The first kappa shape index (κ1) is 17.0. The van der Waals surface area contributed by atoms with E-state index >= 15 is 0 Å². The molecule has 3 nitrogen and oxygen atoms in total. The minimum absolute atomic E-state index is 0.529. The fourth-order valence-electron chi connectivity index (χ4n) is 2.85. The molecule has 0 unspecified atom stereocenters. The van der Waals surface area contributed by atoms with E-state index in [1.165, 1.54) is 16.8 Å². The van der Waals surface area contributed by atoms with Gasteiger partial charge in [-0.25, -0.2) is 0 Å². The van der Waals surface area contributed by atoms with Gasteiger partial charge in [0.25, 0.3) is 0 Å². The minimum atomic E-state index is 0.529. The molecule has 0 aliphatic carbocycles. The quantitative estimate of drug-likeness (QED) is 0.550. The predicted molar refractivity (Wildman–Crippen MR) is 103 cm³/mol. The van der Waals surface area contributed by atoms with Gasteiger partial charge in [0, 0.05) is 52.6 Å². The Bertz CT molecular complexity index is 881. The second-order valence-corrected chi connectivity index (χ2v) is 6.83. The monoisotopic (exact) mass is 401 g/mol. The van der Waals surface area contributed by atoms with Crippen LogP contribution in [0.15, 0.2) is 46.9 Å². The molecule has 0 spiro atoms. The molecule has 0 aliphatic rings. The summed E-state index contributed by atoms with van der Waals surface area (Å²) in [5, 5.41) is 13.7. The van der Waals surface area contributed by atoms with Crippen molar-refractivity contribution in [1.82, 2.24) is 10.3 Å². The van der Waals surface area contributed by atoms with Crippen LogP contribution in [0.4, 0.5) is 0 Å². The molecule has 3 rings (SSSR count). The fraction of sp³-hybridized carbons (Fsp3) is 0.211. The third kappa shape index (κ3) is 3.64. The van der Waals surface area contributed by atoms with Crippen LogP contribution in [0.5, 0.6) is 0 Å². The van der Waals surface area contributed by atoms with E-state index in [1.54, 1.807) is 0 Å². The number of nitriles is 1. The van der Waals surface area contributed by atoms with Crippen molar-refractivity contribution in [1.29, 1.82) is 5.26 Å². The summed E-state index contributed by atoms with van der Waals surface area (Å²) in [6.45, 7) is 1.54. The van der Waals surface area contributed by atoms with Gasteiger partial charge in [-0.2, -0.15) is 5.26 Å². The molecule has 2 aromatic carbocycles. The van der Waals surface area contributed by atoms with Crippen LogP contribution in [-0.4, -0.2) is 18.1 Å². The molecule has 0 fully saturated rings. The largest absolute Gasteiger partial charge is 0.358 e. The van der Waals surface area contributed by atoms with Crippen LogP contribution in [-0.2, 0) is 6.42 Å². The maximum atomic E-state index is 8.61. The summed E-state index contributed by atoms with van der Waals surface area (Å²) in [7, 11) is 0. The highest BCUT2D eigenvalue weighted by molar-refractivity contribution is 9.10. The minimum Gasteiger partial charge on any atom is -0.358 e. The molecule has 0 amide bonds. The standard InChI is InChI=1S/C19H17BrClN3/c20-15-12-18-14(11-16(15)21)19(13-5-2-1-3-6-13)17(24-18)7-10-23-9-4-8-22/h1-3,5-6,11-12,23-24H,4,7,9-10H2. The predicted octanol–water partition coefficient (Wildman–Crippen LogP) is 5.30. The lowest BCUT2D eigenvalue weighted by Crippen LogP contribution is -2.18. The first-order valence-electron chi connectivity index (χ1n) is 7.83. The van der Waals surface area contributed by atoms with E-state index in [1.807, 2.05) is 30.3 Å². The molecule has 122 valence electrons. The lowest BCUT2D eigenvalue weighted by atomic mass is 10.0. The Morgan fingerprint density at radius 1 is 1.17 bits per heavy atom. The highest BCUT2D eigenvalue weighted by Gasteiger charge is 2.14. The molecule has 0 aliphatic heterocycles. The Morgan fingerprint density at radius 2 is 1.96 bits per heavy atom. The van der Waals surface area contributed by atoms with E-state index in [2.05, 4.69) is 44.4 Å². The number of nitrogens with zero attached hydrogens (tertiary/aromatic N) is 1. The van der Waals surface area contributed by atoms with Crippen LogP contribution in [0.3, 0.4) is 0 Å². The number of nitrogens with one attached hydrogen (secondary N) is 2. The maximum absolute atomic E-state index is 8.61. The Labute approximate surface area is 154 Å². The van der Waals surface area contributed by atoms with Gasteiger partial charge in [-0.1, -0.05) is 41.9 Å². The van der Waals surface area contributed by atoms with Crippen molar-refractivity contribution in [3.8, 4) is 17.2 Å². The molecule has 0 saturated carbocycles. The molecule has 3 aromatic rings. The van der Waals surface area contributed by atoms with Crippen molar-refractivity contribution in [2.45, 2.75) is 12.8 Å². The van der Waals surface area contributed by atoms with E-state index in [9.17, 15) is 0 Å². The average molecular weight is 403 g/mol. The van der Waals surface area contributed by atoms with Crippen LogP contribution in [0.2, 0.25) is 5.02 Å². The molecule has 0 radical (unpaired) electrons. The van der Waals surface area contributed by atoms with E-state index in [0.29, 0.717) is 11.4 Å². The molecule has 24 heavy (non-hydrogen) atoms. The summed E-state index contributed by atoms with van der Waals surface area (Å²) in [5.41, 5.74) is 4.61. The van der Waals surface area contributed by atoms with Gasteiger partial charge in [0.05, 0.1) is 11.1 Å². The van der Waals surface area contributed by atoms with Crippen molar-refractivity contribution in [3.63, 3.8) is 0 Å². The Hall–Kier alpha value is -1.80. The Morgan fingerprint density at radius 3 is 2.71 bits per heavy atom. The summed E-state index contributed by atoms with van der Waals surface area (Å²) in [4.78, 5) is 3.53. The second kappa shape index (κ2) is 7.85.